The monoisotopic (exact) mass is 249 g/mol. The van der Waals surface area contributed by atoms with Crippen molar-refractivity contribution in [3.8, 4) is 0 Å². The van der Waals surface area contributed by atoms with Gasteiger partial charge in [0.05, 0.1) is 5.92 Å². The van der Waals surface area contributed by atoms with Crippen LogP contribution in [0, 0.1) is 23.7 Å². The van der Waals surface area contributed by atoms with E-state index in [-0.39, 0.29) is 23.8 Å². The van der Waals surface area contributed by atoms with Gasteiger partial charge in [-0.1, -0.05) is 12.2 Å². The third-order valence-electron chi connectivity index (χ3n) is 4.74. The van der Waals surface area contributed by atoms with Crippen molar-refractivity contribution in [2.24, 2.45) is 23.7 Å². The molecule has 0 aromatic carbocycles. The summed E-state index contributed by atoms with van der Waals surface area (Å²) < 4.78 is 0. The number of carboxylic acid groups (broad SMARTS) is 1. The van der Waals surface area contributed by atoms with Crippen molar-refractivity contribution < 1.29 is 14.7 Å². The molecule has 0 radical (unpaired) electrons. The molecule has 1 amide bonds. The molecule has 3 rings (SSSR count). The largest absolute Gasteiger partial charge is 0.481 e. The van der Waals surface area contributed by atoms with Crippen LogP contribution in [-0.4, -0.2) is 23.0 Å². The summed E-state index contributed by atoms with van der Waals surface area (Å²) in [5.41, 5.74) is 0. The fourth-order valence-electron chi connectivity index (χ4n) is 3.73. The average Bonchev–Trinajstić information content (AvgIpc) is 3.03. The molecule has 98 valence electrons. The van der Waals surface area contributed by atoms with Crippen LogP contribution in [0.25, 0.3) is 0 Å². The fraction of sp³-hybridized carbons (Fsp3) is 0.714. The van der Waals surface area contributed by atoms with Gasteiger partial charge in [0.15, 0.2) is 0 Å². The van der Waals surface area contributed by atoms with Crippen LogP contribution >= 0.6 is 0 Å². The van der Waals surface area contributed by atoms with E-state index in [0.717, 1.165) is 19.3 Å². The average molecular weight is 249 g/mol. The summed E-state index contributed by atoms with van der Waals surface area (Å²) in [5, 5.41) is 12.0. The zero-order valence-electron chi connectivity index (χ0n) is 10.3. The zero-order valence-corrected chi connectivity index (χ0v) is 10.3. The van der Waals surface area contributed by atoms with Crippen molar-refractivity contribution in [2.75, 3.05) is 0 Å². The summed E-state index contributed by atoms with van der Waals surface area (Å²) in [4.78, 5) is 23.0. The molecule has 0 spiro atoms. The first-order chi connectivity index (χ1) is 8.63. The van der Waals surface area contributed by atoms with E-state index in [9.17, 15) is 9.59 Å². The number of rotatable bonds is 3. The van der Waals surface area contributed by atoms with Gasteiger partial charge in [-0.3, -0.25) is 9.59 Å². The lowest BCUT2D eigenvalue weighted by atomic mass is 9.92. The molecule has 4 heteroatoms. The smallest absolute Gasteiger partial charge is 0.306 e. The molecule has 0 aromatic heterocycles. The van der Waals surface area contributed by atoms with Crippen molar-refractivity contribution in [3.63, 3.8) is 0 Å². The van der Waals surface area contributed by atoms with Gasteiger partial charge in [0.2, 0.25) is 5.91 Å². The van der Waals surface area contributed by atoms with Crippen LogP contribution in [0.15, 0.2) is 12.2 Å². The molecule has 2 N–H and O–H groups in total. The van der Waals surface area contributed by atoms with E-state index >= 15 is 0 Å². The number of hydrogen-bond donors (Lipinski definition) is 2. The van der Waals surface area contributed by atoms with E-state index in [4.69, 9.17) is 5.11 Å². The van der Waals surface area contributed by atoms with Crippen LogP contribution in [0.5, 0.6) is 0 Å². The van der Waals surface area contributed by atoms with Crippen LogP contribution in [0.2, 0.25) is 0 Å². The SMILES string of the molecule is O=C(O)C1CCC(NC(=O)C2CC3C=CC2C3)C1. The molecule has 0 heterocycles. The minimum Gasteiger partial charge on any atom is -0.481 e. The van der Waals surface area contributed by atoms with Crippen LogP contribution in [-0.2, 0) is 9.59 Å². The van der Waals surface area contributed by atoms with Crippen LogP contribution in [0.3, 0.4) is 0 Å². The van der Waals surface area contributed by atoms with Gasteiger partial charge in [-0.2, -0.15) is 0 Å². The minimum absolute atomic E-state index is 0.0710. The lowest BCUT2D eigenvalue weighted by Gasteiger charge is -2.20. The Kier molecular flexibility index (Phi) is 2.88. The third-order valence-corrected chi connectivity index (χ3v) is 4.74. The second kappa shape index (κ2) is 4.41. The number of aliphatic carboxylic acids is 1. The zero-order chi connectivity index (χ0) is 12.7. The predicted octanol–water partition coefficient (Wildman–Crippen LogP) is 1.57. The van der Waals surface area contributed by atoms with E-state index in [1.807, 2.05) is 0 Å². The second-order valence-corrected chi connectivity index (χ2v) is 5.94. The number of amides is 1. The van der Waals surface area contributed by atoms with Crippen molar-refractivity contribution in [1.82, 2.24) is 5.32 Å². The highest BCUT2D eigenvalue weighted by molar-refractivity contribution is 5.80. The van der Waals surface area contributed by atoms with E-state index in [2.05, 4.69) is 17.5 Å². The molecule has 2 fully saturated rings. The Hall–Kier alpha value is -1.32. The van der Waals surface area contributed by atoms with Gasteiger partial charge >= 0.3 is 5.97 Å². The van der Waals surface area contributed by atoms with Crippen molar-refractivity contribution in [1.29, 1.82) is 0 Å². The second-order valence-electron chi connectivity index (χ2n) is 5.94. The number of carbonyl (C=O) groups excluding carboxylic acids is 1. The summed E-state index contributed by atoms with van der Waals surface area (Å²) in [7, 11) is 0. The lowest BCUT2D eigenvalue weighted by Crippen LogP contribution is -2.39. The summed E-state index contributed by atoms with van der Waals surface area (Å²) >= 11 is 0. The number of hydrogen-bond acceptors (Lipinski definition) is 2. The summed E-state index contributed by atoms with van der Waals surface area (Å²) in [5.74, 6) is 0.296. The van der Waals surface area contributed by atoms with Crippen molar-refractivity contribution in [3.05, 3.63) is 12.2 Å². The topological polar surface area (TPSA) is 66.4 Å². The van der Waals surface area contributed by atoms with Gasteiger partial charge in [0.25, 0.3) is 0 Å². The molecular formula is C14H19NO3. The molecule has 2 saturated carbocycles. The molecule has 4 nitrogen and oxygen atoms in total. The standard InChI is InChI=1S/C14H19NO3/c16-13(12-6-8-1-2-9(12)5-8)15-11-4-3-10(7-11)14(17)18/h1-2,8-12H,3-7H2,(H,15,16)(H,17,18). The van der Waals surface area contributed by atoms with Gasteiger partial charge in [0, 0.05) is 12.0 Å². The van der Waals surface area contributed by atoms with Gasteiger partial charge in [0.1, 0.15) is 0 Å². The Bertz CT molecular complexity index is 404. The molecule has 3 aliphatic carbocycles. The number of fused-ring (bicyclic) bond motifs is 2. The van der Waals surface area contributed by atoms with Gasteiger partial charge in [-0.05, 0) is 43.9 Å². The highest BCUT2D eigenvalue weighted by Gasteiger charge is 2.41. The molecule has 18 heavy (non-hydrogen) atoms. The van der Waals surface area contributed by atoms with Crippen LogP contribution in [0.1, 0.15) is 32.1 Å². The number of carbonyl (C=O) groups is 2. The Balaban J connectivity index is 1.53. The normalized spacial score (nSPS) is 41.2. The predicted molar refractivity (Wildman–Crippen MR) is 65.8 cm³/mol. The van der Waals surface area contributed by atoms with E-state index < -0.39 is 5.97 Å². The molecule has 2 bridgehead atoms. The molecular weight excluding hydrogens is 230 g/mol. The van der Waals surface area contributed by atoms with Crippen LogP contribution < -0.4 is 5.32 Å². The van der Waals surface area contributed by atoms with Gasteiger partial charge in [-0.25, -0.2) is 0 Å². The highest BCUT2D eigenvalue weighted by Crippen LogP contribution is 2.43. The fourth-order valence-corrected chi connectivity index (χ4v) is 3.73. The maximum absolute atomic E-state index is 12.2. The Morgan fingerprint density at radius 3 is 2.50 bits per heavy atom. The minimum atomic E-state index is -0.727. The molecule has 5 atom stereocenters. The Morgan fingerprint density at radius 2 is 1.94 bits per heavy atom. The van der Waals surface area contributed by atoms with Crippen LogP contribution in [0.4, 0.5) is 0 Å². The molecule has 3 aliphatic rings. The van der Waals surface area contributed by atoms with Gasteiger partial charge < -0.3 is 10.4 Å². The maximum Gasteiger partial charge on any atom is 0.306 e. The summed E-state index contributed by atoms with van der Waals surface area (Å²) in [6, 6.07) is 0.0710. The first-order valence-corrected chi connectivity index (χ1v) is 6.85. The maximum atomic E-state index is 12.2. The van der Waals surface area contributed by atoms with E-state index in [0.29, 0.717) is 24.7 Å². The van der Waals surface area contributed by atoms with E-state index in [1.54, 1.807) is 0 Å². The molecule has 0 aromatic rings. The number of carboxylic acids is 1. The summed E-state index contributed by atoms with van der Waals surface area (Å²) in [6.07, 6.45) is 8.59. The first kappa shape index (κ1) is 11.8. The number of nitrogens with one attached hydrogen (secondary N) is 1. The first-order valence-electron chi connectivity index (χ1n) is 6.85. The molecule has 0 aliphatic heterocycles. The number of allylic oxidation sites excluding steroid dienone is 2. The highest BCUT2D eigenvalue weighted by atomic mass is 16.4. The van der Waals surface area contributed by atoms with Crippen molar-refractivity contribution >= 4 is 11.9 Å². The van der Waals surface area contributed by atoms with Gasteiger partial charge in [-0.15, -0.1) is 0 Å². The molecule has 5 unspecified atom stereocenters. The summed E-state index contributed by atoms with van der Waals surface area (Å²) in [6.45, 7) is 0. The lowest BCUT2D eigenvalue weighted by molar-refractivity contribution is -0.141. The van der Waals surface area contributed by atoms with Crippen molar-refractivity contribution in [2.45, 2.75) is 38.1 Å². The molecule has 0 saturated heterocycles. The Morgan fingerprint density at radius 1 is 1.11 bits per heavy atom. The quantitative estimate of drug-likeness (QED) is 0.746. The van der Waals surface area contributed by atoms with E-state index in [1.165, 1.54) is 0 Å². The third kappa shape index (κ3) is 2.04. The Labute approximate surface area is 106 Å².